The standard InChI is InChI=1S/C29H20FN5O2S/c1-17-13-20-14-19(9-12-24(20)37-17)26-21(16-34(32-26)23-5-3-2-4-6-23)15-25-28(36)35-29(38-25)31-27(33-35)18-7-10-22(30)11-8-18/h2-12,14-17H,13H2,1H3/b25-15-. The van der Waals surface area contributed by atoms with Crippen LogP contribution in [0.3, 0.4) is 0 Å². The van der Waals surface area contributed by atoms with E-state index in [1.165, 1.54) is 28.0 Å². The fraction of sp³-hybridized carbons (Fsp3) is 0.103. The second kappa shape index (κ2) is 8.74. The first-order chi connectivity index (χ1) is 18.5. The van der Waals surface area contributed by atoms with Crippen molar-refractivity contribution < 1.29 is 9.13 Å². The molecule has 0 saturated carbocycles. The average molecular weight is 522 g/mol. The van der Waals surface area contributed by atoms with Gasteiger partial charge in [0.15, 0.2) is 5.82 Å². The van der Waals surface area contributed by atoms with Crippen molar-refractivity contribution >= 4 is 22.4 Å². The lowest BCUT2D eigenvalue weighted by Crippen LogP contribution is -2.23. The minimum atomic E-state index is -0.339. The topological polar surface area (TPSA) is 74.3 Å². The molecule has 0 radical (unpaired) electrons. The van der Waals surface area contributed by atoms with Gasteiger partial charge in [0.25, 0.3) is 5.56 Å². The smallest absolute Gasteiger partial charge is 0.291 e. The Morgan fingerprint density at radius 2 is 1.82 bits per heavy atom. The number of para-hydroxylation sites is 1. The number of nitrogens with zero attached hydrogens (tertiary/aromatic N) is 5. The maximum atomic E-state index is 13.3. The number of rotatable bonds is 4. The van der Waals surface area contributed by atoms with Crippen LogP contribution in [0.25, 0.3) is 39.4 Å². The molecule has 0 amide bonds. The minimum absolute atomic E-state index is 0.144. The fourth-order valence-corrected chi connectivity index (χ4v) is 5.59. The van der Waals surface area contributed by atoms with E-state index in [0.29, 0.717) is 20.9 Å². The lowest BCUT2D eigenvalue weighted by molar-refractivity contribution is 0.254. The number of ether oxygens (including phenoxy) is 1. The first-order valence-electron chi connectivity index (χ1n) is 12.1. The van der Waals surface area contributed by atoms with Crippen molar-refractivity contribution in [2.24, 2.45) is 0 Å². The summed E-state index contributed by atoms with van der Waals surface area (Å²) in [4.78, 5) is 18.3. The molecular formula is C29H20FN5O2S. The summed E-state index contributed by atoms with van der Waals surface area (Å²) in [5.41, 5.74) is 4.97. The van der Waals surface area contributed by atoms with E-state index in [1.54, 1.807) is 12.1 Å². The molecule has 7 nitrogen and oxygen atoms in total. The van der Waals surface area contributed by atoms with Gasteiger partial charge in [0.05, 0.1) is 10.2 Å². The lowest BCUT2D eigenvalue weighted by atomic mass is 10.0. The first-order valence-corrected chi connectivity index (χ1v) is 13.0. The van der Waals surface area contributed by atoms with Crippen LogP contribution in [-0.2, 0) is 6.42 Å². The van der Waals surface area contributed by atoms with E-state index >= 15 is 0 Å². The first kappa shape index (κ1) is 22.6. The third-order valence-electron chi connectivity index (χ3n) is 6.50. The maximum absolute atomic E-state index is 13.3. The Hall–Kier alpha value is -4.63. The Morgan fingerprint density at radius 3 is 2.61 bits per heavy atom. The summed E-state index contributed by atoms with van der Waals surface area (Å²) in [5.74, 6) is 0.944. The number of fused-ring (bicyclic) bond motifs is 2. The van der Waals surface area contributed by atoms with Crippen molar-refractivity contribution in [1.82, 2.24) is 24.4 Å². The van der Waals surface area contributed by atoms with Crippen LogP contribution in [0.5, 0.6) is 5.75 Å². The van der Waals surface area contributed by atoms with Gasteiger partial charge in [-0.15, -0.1) is 5.10 Å². The van der Waals surface area contributed by atoms with E-state index in [2.05, 4.69) is 23.1 Å². The number of hydrogen-bond acceptors (Lipinski definition) is 6. The van der Waals surface area contributed by atoms with Crippen LogP contribution >= 0.6 is 11.3 Å². The summed E-state index contributed by atoms with van der Waals surface area (Å²) in [6.07, 6.45) is 4.76. The van der Waals surface area contributed by atoms with Crippen LogP contribution in [0.1, 0.15) is 18.1 Å². The predicted molar refractivity (Wildman–Crippen MR) is 144 cm³/mol. The average Bonchev–Trinajstić information content (AvgIpc) is 3.69. The highest BCUT2D eigenvalue weighted by Crippen LogP contribution is 2.34. The molecule has 1 unspecified atom stereocenters. The highest BCUT2D eigenvalue weighted by atomic mass is 32.1. The van der Waals surface area contributed by atoms with Gasteiger partial charge in [-0.2, -0.15) is 14.6 Å². The SMILES string of the molecule is CC1Cc2cc(-c3nn(-c4ccccc4)cc3/C=c3\sc4nc(-c5ccc(F)cc5)nn4c3=O)ccc2O1. The molecule has 4 heterocycles. The quantitative estimate of drug-likeness (QED) is 0.337. The van der Waals surface area contributed by atoms with E-state index in [9.17, 15) is 9.18 Å². The van der Waals surface area contributed by atoms with Crippen LogP contribution in [0.2, 0.25) is 0 Å². The molecule has 6 aromatic rings. The molecule has 3 aromatic carbocycles. The summed E-state index contributed by atoms with van der Waals surface area (Å²) in [7, 11) is 0. The van der Waals surface area contributed by atoms with Gasteiger partial charge in [-0.05, 0) is 73.2 Å². The number of thiazole rings is 1. The van der Waals surface area contributed by atoms with Crippen molar-refractivity contribution in [1.29, 1.82) is 0 Å². The molecule has 1 aliphatic heterocycles. The third kappa shape index (κ3) is 3.88. The van der Waals surface area contributed by atoms with Gasteiger partial charge < -0.3 is 4.74 Å². The zero-order valence-electron chi connectivity index (χ0n) is 20.2. The third-order valence-corrected chi connectivity index (χ3v) is 7.46. The van der Waals surface area contributed by atoms with Gasteiger partial charge in [0, 0.05) is 29.3 Å². The number of halogens is 1. The molecule has 38 heavy (non-hydrogen) atoms. The van der Waals surface area contributed by atoms with Crippen LogP contribution in [0.4, 0.5) is 4.39 Å². The Kier molecular flexibility index (Phi) is 5.19. The van der Waals surface area contributed by atoms with Gasteiger partial charge in [-0.1, -0.05) is 29.5 Å². The second-order valence-electron chi connectivity index (χ2n) is 9.22. The van der Waals surface area contributed by atoms with Crippen molar-refractivity contribution in [3.63, 3.8) is 0 Å². The highest BCUT2D eigenvalue weighted by molar-refractivity contribution is 7.15. The monoisotopic (exact) mass is 521 g/mol. The van der Waals surface area contributed by atoms with Crippen LogP contribution in [0, 0.1) is 5.82 Å². The fourth-order valence-electron chi connectivity index (χ4n) is 4.70. The normalized spacial score (nSPS) is 15.2. The van der Waals surface area contributed by atoms with E-state index < -0.39 is 0 Å². The molecule has 9 heteroatoms. The Labute approximate surface area is 220 Å². The minimum Gasteiger partial charge on any atom is -0.490 e. The van der Waals surface area contributed by atoms with Gasteiger partial charge in [0.2, 0.25) is 4.96 Å². The molecule has 3 aromatic heterocycles. The van der Waals surface area contributed by atoms with Gasteiger partial charge in [-0.3, -0.25) is 4.79 Å². The van der Waals surface area contributed by atoms with Gasteiger partial charge in [-0.25, -0.2) is 9.07 Å². The van der Waals surface area contributed by atoms with Crippen molar-refractivity contribution in [3.8, 4) is 34.1 Å². The van der Waals surface area contributed by atoms with E-state index in [4.69, 9.17) is 9.84 Å². The van der Waals surface area contributed by atoms with E-state index in [0.717, 1.165) is 40.2 Å². The Balaban J connectivity index is 1.35. The number of benzene rings is 3. The maximum Gasteiger partial charge on any atom is 0.291 e. The van der Waals surface area contributed by atoms with Crippen LogP contribution in [0.15, 0.2) is 83.8 Å². The largest absolute Gasteiger partial charge is 0.490 e. The summed E-state index contributed by atoms with van der Waals surface area (Å²) >= 11 is 1.26. The molecule has 186 valence electrons. The van der Waals surface area contributed by atoms with Gasteiger partial charge >= 0.3 is 0 Å². The second-order valence-corrected chi connectivity index (χ2v) is 10.2. The molecule has 1 aliphatic rings. The summed E-state index contributed by atoms with van der Waals surface area (Å²) < 4.78 is 22.8. The molecule has 1 atom stereocenters. The van der Waals surface area contributed by atoms with E-state index in [-0.39, 0.29) is 17.5 Å². The molecule has 0 saturated heterocycles. The summed E-state index contributed by atoms with van der Waals surface area (Å²) in [5, 5.41) is 9.28. The van der Waals surface area contributed by atoms with Crippen molar-refractivity contribution in [2.75, 3.05) is 0 Å². The number of hydrogen-bond donors (Lipinski definition) is 0. The van der Waals surface area contributed by atoms with Crippen LogP contribution in [-0.4, -0.2) is 30.5 Å². The van der Waals surface area contributed by atoms with Crippen molar-refractivity contribution in [3.05, 3.63) is 111 Å². The zero-order chi connectivity index (χ0) is 25.8. The predicted octanol–water partition coefficient (Wildman–Crippen LogP) is 4.68. The zero-order valence-corrected chi connectivity index (χ0v) is 21.0. The lowest BCUT2D eigenvalue weighted by Gasteiger charge is -2.04. The molecule has 0 spiro atoms. The highest BCUT2D eigenvalue weighted by Gasteiger charge is 2.21. The molecular weight excluding hydrogens is 501 g/mol. The molecule has 0 fully saturated rings. The molecule has 0 N–H and O–H groups in total. The summed E-state index contributed by atoms with van der Waals surface area (Å²) in [6, 6.07) is 21.8. The summed E-state index contributed by atoms with van der Waals surface area (Å²) in [6.45, 7) is 2.06. The Bertz CT molecular complexity index is 1930. The molecule has 0 aliphatic carbocycles. The molecule has 0 bridgehead atoms. The number of aromatic nitrogens is 5. The van der Waals surface area contributed by atoms with Gasteiger partial charge in [0.1, 0.15) is 23.4 Å². The van der Waals surface area contributed by atoms with E-state index in [1.807, 2.05) is 59.4 Å². The molecule has 7 rings (SSSR count). The van der Waals surface area contributed by atoms with Crippen molar-refractivity contribution in [2.45, 2.75) is 19.4 Å². The van der Waals surface area contributed by atoms with Crippen LogP contribution < -0.4 is 14.8 Å². The Morgan fingerprint density at radius 1 is 1.03 bits per heavy atom.